The van der Waals surface area contributed by atoms with Gasteiger partial charge < -0.3 is 0 Å². The molecule has 0 aliphatic rings. The molecule has 1 N–H and O–H groups in total. The van der Waals surface area contributed by atoms with E-state index in [0.717, 1.165) is 6.92 Å². The summed E-state index contributed by atoms with van der Waals surface area (Å²) in [7, 11) is -13.3. The van der Waals surface area contributed by atoms with Crippen LogP contribution in [0.15, 0.2) is 12.2 Å². The molecule has 0 aromatic rings. The van der Waals surface area contributed by atoms with Crippen LogP contribution in [0.25, 0.3) is 0 Å². The van der Waals surface area contributed by atoms with Crippen LogP contribution in [0.3, 0.4) is 0 Å². The first-order valence-corrected chi connectivity index (χ1v) is 7.86. The maximum absolute atomic E-state index is 13.3. The van der Waals surface area contributed by atoms with Gasteiger partial charge in [0.05, 0.1) is 6.42 Å². The van der Waals surface area contributed by atoms with E-state index in [2.05, 4.69) is 6.58 Å². The number of halogens is 5. The molecule has 0 spiro atoms. The smallest absolute Gasteiger partial charge is 0.294 e. The van der Waals surface area contributed by atoms with Crippen molar-refractivity contribution in [1.82, 2.24) is 4.13 Å². The van der Waals surface area contributed by atoms with Crippen molar-refractivity contribution in [1.29, 1.82) is 0 Å². The van der Waals surface area contributed by atoms with Crippen LogP contribution in [-0.4, -0.2) is 39.2 Å². The lowest BCUT2D eigenvalue weighted by Crippen LogP contribution is -2.50. The summed E-state index contributed by atoms with van der Waals surface area (Å²) in [6.07, 6.45) is -1.69. The Balaban J connectivity index is 5.57. The molecule has 0 aromatic heterocycles. The fourth-order valence-corrected chi connectivity index (χ4v) is 3.12. The summed E-state index contributed by atoms with van der Waals surface area (Å²) >= 11 is 0. The summed E-state index contributed by atoms with van der Waals surface area (Å²) in [5.74, 6) is -3.90. The summed E-state index contributed by atoms with van der Waals surface area (Å²) < 4.78 is 105. The minimum absolute atomic E-state index is 0.289. The lowest BCUT2D eigenvalue weighted by atomic mass is 10.1. The van der Waals surface area contributed by atoms with Crippen LogP contribution in [0.2, 0.25) is 0 Å². The highest BCUT2D eigenvalue weighted by atomic mass is 32.3. The normalized spacial score (nSPS) is 13.7. The van der Waals surface area contributed by atoms with E-state index in [1.54, 1.807) is 0 Å². The first kappa shape index (κ1) is 20.6. The van der Waals surface area contributed by atoms with E-state index in [9.17, 15) is 48.4 Å². The first-order chi connectivity index (χ1) is 9.46. The topological polar surface area (TPSA) is 114 Å². The second-order valence-electron chi connectivity index (χ2n) is 3.86. The maximum atomic E-state index is 13.3. The van der Waals surface area contributed by atoms with Crippen LogP contribution in [-0.2, 0) is 29.6 Å². The predicted octanol–water partition coefficient (Wildman–Crippen LogP) is 0.453. The van der Waals surface area contributed by atoms with E-state index in [-0.39, 0.29) is 4.13 Å². The van der Waals surface area contributed by atoms with Gasteiger partial charge in [0, 0.05) is 0 Å². The van der Waals surface area contributed by atoms with E-state index in [0.29, 0.717) is 0 Å². The molecule has 128 valence electrons. The van der Waals surface area contributed by atoms with Crippen molar-refractivity contribution in [2.75, 3.05) is 0 Å². The fourth-order valence-electron chi connectivity index (χ4n) is 0.793. The highest BCUT2D eigenvalue weighted by Crippen LogP contribution is 2.28. The van der Waals surface area contributed by atoms with Gasteiger partial charge in [-0.25, -0.2) is 16.8 Å². The lowest BCUT2D eigenvalue weighted by Gasteiger charge is -2.17. The Hall–Kier alpha value is -1.41. The van der Waals surface area contributed by atoms with E-state index in [1.807, 2.05) is 0 Å². The summed E-state index contributed by atoms with van der Waals surface area (Å²) in [4.78, 5) is 22.1. The van der Waals surface area contributed by atoms with Crippen LogP contribution >= 0.6 is 0 Å². The predicted molar refractivity (Wildman–Crippen MR) is 61.4 cm³/mol. The monoisotopic (exact) mass is 373 g/mol. The number of hydrogen-bond acceptors (Lipinski definition) is 6. The van der Waals surface area contributed by atoms with Gasteiger partial charge in [-0.05, 0) is 12.5 Å². The molecule has 0 aliphatic heterocycles. The Kier molecular flexibility index (Phi) is 5.62. The van der Waals surface area contributed by atoms with Crippen LogP contribution < -0.4 is 4.13 Å². The van der Waals surface area contributed by atoms with Crippen molar-refractivity contribution in [2.45, 2.75) is 24.1 Å². The van der Waals surface area contributed by atoms with E-state index < -0.39 is 54.4 Å². The molecule has 0 atom stereocenters. The molecule has 0 amide bonds. The Morgan fingerprint density at radius 3 is 1.73 bits per heavy atom. The average molecular weight is 373 g/mol. The zero-order valence-corrected chi connectivity index (χ0v) is 12.2. The second-order valence-corrected chi connectivity index (χ2v) is 7.51. The quantitative estimate of drug-likeness (QED) is 0.394. The third-order valence-electron chi connectivity index (χ3n) is 1.98. The van der Waals surface area contributed by atoms with Gasteiger partial charge in [0.15, 0.2) is 5.78 Å². The minimum atomic E-state index is -6.69. The van der Waals surface area contributed by atoms with Gasteiger partial charge in [-0.2, -0.15) is 22.0 Å². The number of nitrogens with one attached hydrogen (secondary N) is 1. The first-order valence-electron chi connectivity index (χ1n) is 4.90. The van der Waals surface area contributed by atoms with Gasteiger partial charge in [-0.15, -0.1) is 0 Å². The van der Waals surface area contributed by atoms with E-state index in [4.69, 9.17) is 0 Å². The average Bonchev–Trinajstić information content (AvgIpc) is 2.25. The van der Waals surface area contributed by atoms with Crippen LogP contribution in [0.4, 0.5) is 22.0 Å². The number of Topliss-reactive ketones (excluding diaryl/α,β-unsaturated/α-hetero) is 2. The SMILES string of the molecule is C=C(C)C(=O)CC(=O)C(F)(F)S(=O)(=O)NS(=O)(=O)C(F)(F)F. The van der Waals surface area contributed by atoms with Gasteiger partial charge in [0.1, 0.15) is 0 Å². The summed E-state index contributed by atoms with van der Waals surface area (Å²) in [5, 5.41) is -5.57. The van der Waals surface area contributed by atoms with Crippen LogP contribution in [0, 0.1) is 0 Å². The standard InChI is InChI=1S/C8H8F5NO6S2/c1-4(2)5(15)3-6(16)7(9,10)21(17,18)14-22(19,20)8(11,12)13/h14H,1,3H2,2H3. The molecular weight excluding hydrogens is 365 g/mol. The Bertz CT molecular complexity index is 706. The third kappa shape index (κ3) is 4.30. The lowest BCUT2D eigenvalue weighted by molar-refractivity contribution is -0.136. The number of alkyl halides is 5. The molecule has 0 fully saturated rings. The number of rotatable bonds is 7. The zero-order valence-electron chi connectivity index (χ0n) is 10.6. The van der Waals surface area contributed by atoms with Gasteiger partial charge in [-0.3, -0.25) is 9.59 Å². The van der Waals surface area contributed by atoms with Gasteiger partial charge >= 0.3 is 20.8 Å². The van der Waals surface area contributed by atoms with Crippen molar-refractivity contribution < 1.29 is 48.4 Å². The van der Waals surface area contributed by atoms with Crippen LogP contribution in [0.5, 0.6) is 0 Å². The molecule has 0 saturated carbocycles. The number of hydrogen-bond donors (Lipinski definition) is 1. The number of carbonyl (C=O) groups is 2. The number of sulfonamides is 2. The number of allylic oxidation sites excluding steroid dienone is 1. The Morgan fingerprint density at radius 2 is 1.41 bits per heavy atom. The Morgan fingerprint density at radius 1 is 1.00 bits per heavy atom. The highest BCUT2D eigenvalue weighted by molar-refractivity contribution is 8.05. The van der Waals surface area contributed by atoms with Gasteiger partial charge in [0.25, 0.3) is 10.0 Å². The Labute approximate surface area is 121 Å². The van der Waals surface area contributed by atoms with E-state index in [1.165, 1.54) is 0 Å². The van der Waals surface area contributed by atoms with Crippen molar-refractivity contribution in [3.63, 3.8) is 0 Å². The molecule has 0 bridgehead atoms. The van der Waals surface area contributed by atoms with Crippen molar-refractivity contribution in [3.8, 4) is 0 Å². The fraction of sp³-hybridized carbons (Fsp3) is 0.500. The highest BCUT2D eigenvalue weighted by Gasteiger charge is 2.58. The molecule has 0 radical (unpaired) electrons. The molecule has 22 heavy (non-hydrogen) atoms. The number of ketones is 2. The molecular formula is C8H8F5NO6S2. The van der Waals surface area contributed by atoms with Crippen molar-refractivity contribution in [2.24, 2.45) is 0 Å². The summed E-state index contributed by atoms with van der Waals surface area (Å²) in [6, 6.07) is 0. The molecule has 0 aromatic carbocycles. The molecule has 0 rings (SSSR count). The molecule has 14 heteroatoms. The summed E-state index contributed by atoms with van der Waals surface area (Å²) in [5.41, 5.74) is -6.59. The van der Waals surface area contributed by atoms with Gasteiger partial charge in [-0.1, -0.05) is 10.7 Å². The van der Waals surface area contributed by atoms with Crippen LogP contribution in [0.1, 0.15) is 13.3 Å². The molecule has 7 nitrogen and oxygen atoms in total. The molecule has 0 heterocycles. The van der Waals surface area contributed by atoms with E-state index >= 15 is 0 Å². The largest absolute Gasteiger partial charge is 0.512 e. The molecule has 0 unspecified atom stereocenters. The zero-order chi connectivity index (χ0) is 18.1. The van der Waals surface area contributed by atoms with Crippen molar-refractivity contribution in [3.05, 3.63) is 12.2 Å². The maximum Gasteiger partial charge on any atom is 0.512 e. The van der Waals surface area contributed by atoms with Gasteiger partial charge in [0.2, 0.25) is 5.78 Å². The van der Waals surface area contributed by atoms with Crippen molar-refractivity contribution >= 4 is 31.6 Å². The summed E-state index contributed by atoms with van der Waals surface area (Å²) in [6.45, 7) is 4.00. The second kappa shape index (κ2) is 6.00. The minimum Gasteiger partial charge on any atom is -0.294 e. The number of carbonyl (C=O) groups excluding carboxylic acids is 2. The third-order valence-corrected chi connectivity index (χ3v) is 5.25. The molecule has 0 saturated heterocycles. The molecule has 0 aliphatic carbocycles.